The van der Waals surface area contributed by atoms with Crippen LogP contribution in [-0.2, 0) is 24.0 Å². The monoisotopic (exact) mass is 707 g/mol. The van der Waals surface area contributed by atoms with Crippen molar-refractivity contribution in [2.45, 2.75) is 126 Å². The Morgan fingerprint density at radius 1 is 0.863 bits per heavy atom. The molecule has 9 heteroatoms. The predicted molar refractivity (Wildman–Crippen MR) is 212 cm³/mol. The van der Waals surface area contributed by atoms with E-state index in [1.165, 1.54) is 32.6 Å². The summed E-state index contributed by atoms with van der Waals surface area (Å²) in [4.78, 5) is 57.6. The molecule has 0 aliphatic heterocycles. The van der Waals surface area contributed by atoms with Gasteiger partial charge in [0.15, 0.2) is 5.78 Å². The van der Waals surface area contributed by atoms with Gasteiger partial charge in [-0.3, -0.25) is 24.2 Å². The number of carboxylic acids is 1. The second-order valence-corrected chi connectivity index (χ2v) is 13.2. The number of carbonyl (C=O) groups is 5. The molecule has 2 rings (SSSR count). The van der Waals surface area contributed by atoms with Crippen LogP contribution in [0.1, 0.15) is 130 Å². The lowest BCUT2D eigenvalue weighted by atomic mass is 9.87. The van der Waals surface area contributed by atoms with Gasteiger partial charge in [-0.1, -0.05) is 136 Å². The molecule has 284 valence electrons. The van der Waals surface area contributed by atoms with Crippen molar-refractivity contribution in [3.05, 3.63) is 71.3 Å². The maximum Gasteiger partial charge on any atom is 0.305 e. The molecule has 0 bridgehead atoms. The van der Waals surface area contributed by atoms with Gasteiger partial charge in [-0.25, -0.2) is 0 Å². The minimum atomic E-state index is -0.906. The van der Waals surface area contributed by atoms with E-state index in [0.29, 0.717) is 17.7 Å². The van der Waals surface area contributed by atoms with Crippen molar-refractivity contribution in [2.75, 3.05) is 0 Å². The predicted octanol–water partition coefficient (Wildman–Crippen LogP) is 8.77. The van der Waals surface area contributed by atoms with Crippen LogP contribution < -0.4 is 10.6 Å². The molecule has 3 N–H and O–H groups in total. The number of ketones is 1. The van der Waals surface area contributed by atoms with Crippen LogP contribution in [0.4, 0.5) is 0 Å². The standard InChI is InChI=1S/C26H32N2O2.C10H22.C5H9NO3.CH2O/c1-7-18(4)21-15-11-12-16-22(21)23(25(27-6)20-13-9-8-10-14-20)26(30)28-24(17(2)3)19(5)29;1-5-7-8-10(4)9(3)6-2;1-4(6-3-7)2-5(8)9;1-2/h8-18,24H,6-7H2,1-5H3,(H,28,30);9-10H,5-8H2,1-4H3;3-4H,2H2,1H3,(H,6,7)(H,8,9);1H2/b25-23+;;;/t;9?,10-;;/m.1../s1. The second kappa shape index (κ2) is 28.3. The number of aliphatic carboxylic acids is 1. The summed E-state index contributed by atoms with van der Waals surface area (Å²) >= 11 is 0. The van der Waals surface area contributed by atoms with E-state index in [1.54, 1.807) is 6.92 Å². The molecular formula is C42H65N3O6. The topological polar surface area (TPSA) is 142 Å². The van der Waals surface area contributed by atoms with Crippen LogP contribution in [0.5, 0.6) is 0 Å². The van der Waals surface area contributed by atoms with E-state index in [4.69, 9.17) is 9.90 Å². The molecule has 0 aliphatic carbocycles. The minimum absolute atomic E-state index is 0.0191. The van der Waals surface area contributed by atoms with E-state index in [-0.39, 0.29) is 36.0 Å². The Kier molecular flexibility index (Phi) is 27.0. The molecular weight excluding hydrogens is 642 g/mol. The van der Waals surface area contributed by atoms with E-state index < -0.39 is 12.0 Å². The number of hydrogen-bond acceptors (Lipinski definition) is 6. The Morgan fingerprint density at radius 3 is 1.88 bits per heavy atom. The van der Waals surface area contributed by atoms with Crippen molar-refractivity contribution in [3.8, 4) is 0 Å². The fourth-order valence-corrected chi connectivity index (χ4v) is 5.24. The van der Waals surface area contributed by atoms with E-state index in [0.717, 1.165) is 34.9 Å². The molecule has 2 amide bonds. The first-order chi connectivity index (χ1) is 24.2. The molecule has 0 radical (unpaired) electrons. The summed E-state index contributed by atoms with van der Waals surface area (Å²) < 4.78 is 0. The molecule has 4 unspecified atom stereocenters. The van der Waals surface area contributed by atoms with Gasteiger partial charge in [0.1, 0.15) is 6.79 Å². The number of carbonyl (C=O) groups excluding carboxylic acids is 4. The molecule has 2 aromatic rings. The quantitative estimate of drug-likeness (QED) is 0.0612. The van der Waals surface area contributed by atoms with Crippen LogP contribution in [0.2, 0.25) is 0 Å². The summed E-state index contributed by atoms with van der Waals surface area (Å²) in [6.45, 7) is 26.3. The van der Waals surface area contributed by atoms with Gasteiger partial charge in [0.25, 0.3) is 5.91 Å². The summed E-state index contributed by atoms with van der Waals surface area (Å²) in [5.74, 6) is 0.814. The molecule has 2 aromatic carbocycles. The molecule has 0 saturated carbocycles. The maximum absolute atomic E-state index is 13.6. The van der Waals surface area contributed by atoms with Gasteiger partial charge in [-0.2, -0.15) is 0 Å². The Bertz CT molecular complexity index is 1340. The number of nitrogens with one attached hydrogen (secondary N) is 2. The summed E-state index contributed by atoms with van der Waals surface area (Å²) in [5, 5.41) is 13.4. The highest BCUT2D eigenvalue weighted by atomic mass is 16.4. The van der Waals surface area contributed by atoms with Crippen LogP contribution in [0.15, 0.2) is 59.6 Å². The van der Waals surface area contributed by atoms with Crippen LogP contribution >= 0.6 is 0 Å². The number of hydrogen-bond donors (Lipinski definition) is 3. The third-order valence-corrected chi connectivity index (χ3v) is 8.90. The average Bonchev–Trinajstić information content (AvgIpc) is 3.12. The number of unbranched alkanes of at least 4 members (excludes halogenated alkanes) is 1. The highest BCUT2D eigenvalue weighted by Crippen LogP contribution is 2.34. The fraction of sp³-hybridized carbons (Fsp3) is 0.524. The third kappa shape index (κ3) is 19.0. The Balaban J connectivity index is 0. The van der Waals surface area contributed by atoms with E-state index in [1.807, 2.05) is 75.2 Å². The number of carboxylic acid groups (broad SMARTS) is 1. The van der Waals surface area contributed by atoms with Gasteiger partial charge in [-0.05, 0) is 61.8 Å². The third-order valence-electron chi connectivity index (χ3n) is 8.90. The first kappa shape index (κ1) is 48.7. The van der Waals surface area contributed by atoms with Crippen LogP contribution in [-0.4, -0.2) is 54.8 Å². The molecule has 0 spiro atoms. The lowest BCUT2D eigenvalue weighted by Gasteiger charge is -2.23. The number of rotatable bonds is 18. The van der Waals surface area contributed by atoms with Gasteiger partial charge in [0, 0.05) is 11.6 Å². The van der Waals surface area contributed by atoms with Crippen LogP contribution in [0.3, 0.4) is 0 Å². The molecule has 0 fully saturated rings. The minimum Gasteiger partial charge on any atom is -0.481 e. The molecule has 0 heterocycles. The number of amides is 2. The summed E-state index contributed by atoms with van der Waals surface area (Å²) in [5.41, 5.74) is 3.65. The highest BCUT2D eigenvalue weighted by Gasteiger charge is 2.27. The summed E-state index contributed by atoms with van der Waals surface area (Å²) in [7, 11) is 0. The first-order valence-corrected chi connectivity index (χ1v) is 18.1. The highest BCUT2D eigenvalue weighted by molar-refractivity contribution is 6.28. The smallest absolute Gasteiger partial charge is 0.305 e. The molecule has 51 heavy (non-hydrogen) atoms. The maximum atomic E-state index is 13.6. The number of benzene rings is 2. The van der Waals surface area contributed by atoms with Crippen molar-refractivity contribution >= 4 is 48.8 Å². The molecule has 9 nitrogen and oxygen atoms in total. The van der Waals surface area contributed by atoms with E-state index in [9.17, 15) is 19.2 Å². The zero-order valence-electron chi connectivity index (χ0n) is 32.8. The molecule has 0 aliphatic rings. The lowest BCUT2D eigenvalue weighted by Crippen LogP contribution is -2.43. The Hall–Kier alpha value is -4.40. The second-order valence-electron chi connectivity index (χ2n) is 13.2. The van der Waals surface area contributed by atoms with E-state index >= 15 is 0 Å². The zero-order valence-corrected chi connectivity index (χ0v) is 32.8. The van der Waals surface area contributed by atoms with Gasteiger partial charge in [0.2, 0.25) is 6.41 Å². The number of aliphatic imine (C=N–C) groups is 1. The van der Waals surface area contributed by atoms with Gasteiger partial charge < -0.3 is 20.5 Å². The van der Waals surface area contributed by atoms with Gasteiger partial charge in [-0.15, -0.1) is 0 Å². The lowest BCUT2D eigenvalue weighted by molar-refractivity contribution is -0.137. The Morgan fingerprint density at radius 2 is 1.43 bits per heavy atom. The largest absolute Gasteiger partial charge is 0.481 e. The van der Waals surface area contributed by atoms with E-state index in [2.05, 4.69) is 63.9 Å². The van der Waals surface area contributed by atoms with Crippen molar-refractivity contribution in [3.63, 3.8) is 0 Å². The number of nitrogens with zero attached hydrogens (tertiary/aromatic N) is 1. The summed E-state index contributed by atoms with van der Waals surface area (Å²) in [6.07, 6.45) is 6.92. The van der Waals surface area contributed by atoms with Gasteiger partial charge >= 0.3 is 5.97 Å². The van der Waals surface area contributed by atoms with Crippen LogP contribution in [0.25, 0.3) is 11.3 Å². The van der Waals surface area contributed by atoms with Crippen molar-refractivity contribution < 1.29 is 29.1 Å². The van der Waals surface area contributed by atoms with Crippen LogP contribution in [0, 0.1) is 17.8 Å². The van der Waals surface area contributed by atoms with Crippen molar-refractivity contribution in [1.82, 2.24) is 10.6 Å². The molecule has 0 aromatic heterocycles. The molecule has 0 saturated heterocycles. The number of Topliss-reactive ketones (excluding diaryl/α,β-unsaturated/α-hetero) is 1. The van der Waals surface area contributed by atoms with Gasteiger partial charge in [0.05, 0.1) is 23.7 Å². The SMILES string of the molecule is C=N/C(=C(/C(=O)NC(C(C)=O)C(C)C)c1ccccc1C(C)CC)c1ccccc1.C=O.CC(CC(=O)O)NC=O.CCCC[C@@H](C)C(C)CC. The zero-order chi connectivity index (χ0) is 39.5. The normalized spacial score (nSPS) is 13.7. The fourth-order valence-electron chi connectivity index (χ4n) is 5.24. The first-order valence-electron chi connectivity index (χ1n) is 18.1. The Labute approximate surface area is 307 Å². The summed E-state index contributed by atoms with van der Waals surface area (Å²) in [6, 6.07) is 16.6. The molecule has 5 atom stereocenters. The van der Waals surface area contributed by atoms with Crippen molar-refractivity contribution in [1.29, 1.82) is 0 Å². The average molecular weight is 708 g/mol. The van der Waals surface area contributed by atoms with Crippen molar-refractivity contribution in [2.24, 2.45) is 22.7 Å².